The van der Waals surface area contributed by atoms with E-state index in [0.717, 1.165) is 26.2 Å². The maximum atomic E-state index is 10.1. The van der Waals surface area contributed by atoms with Gasteiger partial charge in [-0.25, -0.2) is 0 Å². The molecule has 6 nitrogen and oxygen atoms in total. The molecule has 0 aromatic heterocycles. The van der Waals surface area contributed by atoms with Gasteiger partial charge in [-0.05, 0) is 0 Å². The van der Waals surface area contributed by atoms with Crippen molar-refractivity contribution in [2.24, 2.45) is 5.73 Å². The number of rotatable bonds is 10. The van der Waals surface area contributed by atoms with Crippen LogP contribution in [0, 0.1) is 0 Å². The van der Waals surface area contributed by atoms with Gasteiger partial charge in [0, 0.05) is 61.0 Å². The average Bonchev–Trinajstić information content (AvgIpc) is 2.15. The van der Waals surface area contributed by atoms with E-state index in [1.54, 1.807) is 0 Å². The predicted octanol–water partition coefficient (Wildman–Crippen LogP) is -2.20. The van der Waals surface area contributed by atoms with Crippen LogP contribution in [0.2, 0.25) is 0 Å². The molecular weight excluding hydrogens is 232 g/mol. The summed E-state index contributed by atoms with van der Waals surface area (Å²) in [4.78, 5) is 10.1. The van der Waals surface area contributed by atoms with Crippen LogP contribution in [-0.2, 0) is 26.5 Å². The molecule has 0 heterocycles. The molecule has 0 aliphatic heterocycles. The summed E-state index contributed by atoms with van der Waals surface area (Å²) >= 11 is 0. The van der Waals surface area contributed by atoms with Crippen LogP contribution in [0.1, 0.15) is 0 Å². The summed E-state index contributed by atoms with van der Waals surface area (Å²) < 4.78 is 0. The van der Waals surface area contributed by atoms with E-state index in [0.29, 0.717) is 13.1 Å². The SMILES string of the molecule is NCCNCCNCCNCC(=O)O.[Ti]. The first-order valence-electron chi connectivity index (χ1n) is 4.81. The standard InChI is InChI=1S/C8H20N4O2.Ti/c9-1-2-10-3-4-11-5-6-12-7-8(13)14;/h10-12H,1-7,9H2,(H,13,14);. The van der Waals surface area contributed by atoms with Crippen molar-refractivity contribution < 1.29 is 31.6 Å². The number of carboxylic acid groups (broad SMARTS) is 1. The first-order valence-corrected chi connectivity index (χ1v) is 4.81. The quantitative estimate of drug-likeness (QED) is 0.223. The fourth-order valence-corrected chi connectivity index (χ4v) is 0.901. The maximum absolute atomic E-state index is 10.1. The molecule has 0 fully saturated rings. The van der Waals surface area contributed by atoms with Gasteiger partial charge in [0.25, 0.3) is 0 Å². The van der Waals surface area contributed by atoms with Gasteiger partial charge in [0.2, 0.25) is 0 Å². The summed E-state index contributed by atoms with van der Waals surface area (Å²) in [5.74, 6) is -0.824. The molecule has 0 saturated heterocycles. The molecule has 0 aliphatic rings. The van der Waals surface area contributed by atoms with E-state index >= 15 is 0 Å². The second-order valence-electron chi connectivity index (χ2n) is 2.86. The third-order valence-electron chi connectivity index (χ3n) is 1.55. The molecule has 88 valence electrons. The van der Waals surface area contributed by atoms with Crippen LogP contribution >= 0.6 is 0 Å². The fraction of sp³-hybridized carbons (Fsp3) is 0.875. The Labute approximate surface area is 105 Å². The van der Waals surface area contributed by atoms with Crippen molar-refractivity contribution in [3.63, 3.8) is 0 Å². The van der Waals surface area contributed by atoms with Gasteiger partial charge in [0.15, 0.2) is 0 Å². The number of hydrogen-bond donors (Lipinski definition) is 5. The third-order valence-corrected chi connectivity index (χ3v) is 1.55. The van der Waals surface area contributed by atoms with Gasteiger partial charge in [0.05, 0.1) is 6.54 Å². The zero-order valence-electron chi connectivity index (χ0n) is 8.88. The Balaban J connectivity index is 0. The van der Waals surface area contributed by atoms with Crippen molar-refractivity contribution in [1.29, 1.82) is 0 Å². The Bertz CT molecular complexity index is 149. The summed E-state index contributed by atoms with van der Waals surface area (Å²) in [7, 11) is 0. The minimum absolute atomic E-state index is 0. The van der Waals surface area contributed by atoms with Crippen LogP contribution in [0.5, 0.6) is 0 Å². The molecule has 0 unspecified atom stereocenters. The molecule has 0 aromatic rings. The van der Waals surface area contributed by atoms with Gasteiger partial charge in [-0.3, -0.25) is 4.79 Å². The molecule has 0 amide bonds. The number of hydrogen-bond acceptors (Lipinski definition) is 5. The summed E-state index contributed by atoms with van der Waals surface area (Å²) in [6, 6.07) is 0. The van der Waals surface area contributed by atoms with Gasteiger partial charge in [-0.2, -0.15) is 0 Å². The largest absolute Gasteiger partial charge is 0.480 e. The Morgan fingerprint density at radius 2 is 1.47 bits per heavy atom. The third kappa shape index (κ3) is 16.7. The second kappa shape index (κ2) is 14.0. The van der Waals surface area contributed by atoms with Gasteiger partial charge >= 0.3 is 5.97 Å². The zero-order chi connectivity index (χ0) is 10.6. The monoisotopic (exact) mass is 252 g/mol. The van der Waals surface area contributed by atoms with Crippen LogP contribution in [-0.4, -0.2) is 56.9 Å². The molecule has 6 N–H and O–H groups in total. The number of carbonyl (C=O) groups is 1. The smallest absolute Gasteiger partial charge is 0.317 e. The van der Waals surface area contributed by atoms with Crippen molar-refractivity contribution in [3.8, 4) is 0 Å². The van der Waals surface area contributed by atoms with Crippen molar-refractivity contribution >= 4 is 5.97 Å². The van der Waals surface area contributed by atoms with Crippen molar-refractivity contribution in [2.45, 2.75) is 0 Å². The van der Waals surface area contributed by atoms with Crippen LogP contribution in [0.25, 0.3) is 0 Å². The molecule has 0 rings (SSSR count). The fourth-order valence-electron chi connectivity index (χ4n) is 0.901. The molecule has 15 heavy (non-hydrogen) atoms. The summed E-state index contributed by atoms with van der Waals surface area (Å²) in [5, 5.41) is 17.4. The van der Waals surface area contributed by atoms with E-state index < -0.39 is 5.97 Å². The molecule has 0 atom stereocenters. The van der Waals surface area contributed by atoms with E-state index in [4.69, 9.17) is 10.8 Å². The van der Waals surface area contributed by atoms with E-state index in [1.807, 2.05) is 0 Å². The van der Waals surface area contributed by atoms with Gasteiger partial charge in [-0.15, -0.1) is 0 Å². The van der Waals surface area contributed by atoms with Crippen molar-refractivity contribution in [3.05, 3.63) is 0 Å². The minimum atomic E-state index is -0.824. The summed E-state index contributed by atoms with van der Waals surface area (Å²) in [5.41, 5.74) is 5.29. The van der Waals surface area contributed by atoms with E-state index in [9.17, 15) is 4.79 Å². The molecule has 7 heteroatoms. The number of nitrogens with two attached hydrogens (primary N) is 1. The Hall–Kier alpha value is 0.0243. The van der Waals surface area contributed by atoms with E-state index in [2.05, 4.69) is 16.0 Å². The Morgan fingerprint density at radius 1 is 1.00 bits per heavy atom. The molecule has 0 radical (unpaired) electrons. The van der Waals surface area contributed by atoms with Crippen LogP contribution in [0.3, 0.4) is 0 Å². The number of aliphatic carboxylic acids is 1. The van der Waals surface area contributed by atoms with Gasteiger partial charge < -0.3 is 26.8 Å². The molecule has 0 saturated carbocycles. The molecule has 0 aromatic carbocycles. The number of nitrogens with one attached hydrogen (secondary N) is 3. The van der Waals surface area contributed by atoms with Crippen LogP contribution in [0.4, 0.5) is 0 Å². The molecule has 0 aliphatic carbocycles. The normalized spacial score (nSPS) is 9.67. The molecule has 0 spiro atoms. The Kier molecular flexibility index (Phi) is 16.3. The van der Waals surface area contributed by atoms with Crippen molar-refractivity contribution in [2.75, 3.05) is 45.8 Å². The van der Waals surface area contributed by atoms with Crippen molar-refractivity contribution in [1.82, 2.24) is 16.0 Å². The van der Waals surface area contributed by atoms with E-state index in [-0.39, 0.29) is 28.3 Å². The van der Waals surface area contributed by atoms with Gasteiger partial charge in [0.1, 0.15) is 0 Å². The van der Waals surface area contributed by atoms with Crippen LogP contribution in [0.15, 0.2) is 0 Å². The number of carboxylic acids is 1. The molecule has 0 bridgehead atoms. The second-order valence-corrected chi connectivity index (χ2v) is 2.86. The average molecular weight is 252 g/mol. The first kappa shape index (κ1) is 17.4. The van der Waals surface area contributed by atoms with Gasteiger partial charge in [-0.1, -0.05) is 0 Å². The molecular formula is C8H20N4O2Ti. The topological polar surface area (TPSA) is 99.4 Å². The maximum Gasteiger partial charge on any atom is 0.317 e. The Morgan fingerprint density at radius 3 is 1.93 bits per heavy atom. The predicted molar refractivity (Wildman–Crippen MR) is 55.3 cm³/mol. The zero-order valence-corrected chi connectivity index (χ0v) is 10.4. The summed E-state index contributed by atoms with van der Waals surface area (Å²) in [6.07, 6.45) is 0. The van der Waals surface area contributed by atoms with Crippen LogP contribution < -0.4 is 21.7 Å². The minimum Gasteiger partial charge on any atom is -0.480 e. The first-order chi connectivity index (χ1) is 6.77. The van der Waals surface area contributed by atoms with E-state index in [1.165, 1.54) is 0 Å². The summed E-state index contributed by atoms with van der Waals surface area (Å²) in [6.45, 7) is 4.71.